The molecule has 2 heteroatoms. The van der Waals surface area contributed by atoms with E-state index in [-0.39, 0.29) is 6.10 Å². The van der Waals surface area contributed by atoms with E-state index in [1.165, 1.54) is 43.3 Å². The molecule has 0 aromatic carbocycles. The molecule has 1 saturated carbocycles. The first-order chi connectivity index (χ1) is 13.6. The van der Waals surface area contributed by atoms with Gasteiger partial charge < -0.3 is 10.2 Å². The molecule has 3 aliphatic carbocycles. The van der Waals surface area contributed by atoms with Gasteiger partial charge in [0.1, 0.15) is 0 Å². The fourth-order valence-electron chi connectivity index (χ4n) is 6.52. The second-order valence-corrected chi connectivity index (χ2v) is 11.2. The van der Waals surface area contributed by atoms with Crippen LogP contribution >= 0.6 is 0 Å². The van der Waals surface area contributed by atoms with Gasteiger partial charge in [0, 0.05) is 0 Å². The highest BCUT2D eigenvalue weighted by atomic mass is 16.3. The molecule has 3 rings (SSSR count). The van der Waals surface area contributed by atoms with Crippen LogP contribution in [0.25, 0.3) is 0 Å². The van der Waals surface area contributed by atoms with Crippen LogP contribution in [0.15, 0.2) is 34.9 Å². The van der Waals surface area contributed by atoms with Crippen LogP contribution in [-0.4, -0.2) is 21.9 Å². The molecular formula is C27H44O2. The van der Waals surface area contributed by atoms with E-state index < -0.39 is 5.60 Å². The van der Waals surface area contributed by atoms with Gasteiger partial charge in [0.25, 0.3) is 0 Å². The van der Waals surface area contributed by atoms with Crippen molar-refractivity contribution in [2.75, 3.05) is 0 Å². The molecule has 0 bridgehead atoms. The molecule has 0 saturated heterocycles. The fraction of sp³-hybridized carbons (Fsp3) is 0.778. The third kappa shape index (κ3) is 5.44. The molecular weight excluding hydrogens is 356 g/mol. The molecule has 0 radical (unpaired) electrons. The molecule has 164 valence electrons. The first-order valence-corrected chi connectivity index (χ1v) is 12.1. The smallest absolute Gasteiger partial charge is 0.0591 e. The van der Waals surface area contributed by atoms with E-state index in [0.29, 0.717) is 11.3 Å². The summed E-state index contributed by atoms with van der Waals surface area (Å²) < 4.78 is 0. The van der Waals surface area contributed by atoms with Crippen molar-refractivity contribution >= 4 is 0 Å². The predicted molar refractivity (Wildman–Crippen MR) is 123 cm³/mol. The summed E-state index contributed by atoms with van der Waals surface area (Å²) in [6, 6.07) is 0. The molecule has 2 nitrogen and oxygen atoms in total. The maximum atomic E-state index is 10.0. The van der Waals surface area contributed by atoms with Crippen LogP contribution in [0, 0.1) is 23.2 Å². The van der Waals surface area contributed by atoms with Gasteiger partial charge in [-0.2, -0.15) is 0 Å². The minimum atomic E-state index is -0.535. The van der Waals surface area contributed by atoms with Crippen molar-refractivity contribution in [2.24, 2.45) is 23.2 Å². The Morgan fingerprint density at radius 1 is 1.24 bits per heavy atom. The molecule has 0 amide bonds. The van der Waals surface area contributed by atoms with E-state index in [1.54, 1.807) is 5.57 Å². The Labute approximate surface area is 179 Å². The van der Waals surface area contributed by atoms with Crippen molar-refractivity contribution in [1.29, 1.82) is 0 Å². The summed E-state index contributed by atoms with van der Waals surface area (Å²) in [6.07, 6.45) is 18.2. The van der Waals surface area contributed by atoms with Crippen LogP contribution in [0.1, 0.15) is 98.8 Å². The zero-order valence-corrected chi connectivity index (χ0v) is 19.5. The summed E-state index contributed by atoms with van der Waals surface area (Å²) in [5.74, 6) is 2.21. The molecule has 2 N–H and O–H groups in total. The van der Waals surface area contributed by atoms with Gasteiger partial charge in [0.05, 0.1) is 11.7 Å². The number of hydrogen-bond acceptors (Lipinski definition) is 2. The molecule has 0 aliphatic heterocycles. The quantitative estimate of drug-likeness (QED) is 0.497. The maximum absolute atomic E-state index is 10.0. The predicted octanol–water partition coefficient (Wildman–Crippen LogP) is 6.73. The van der Waals surface area contributed by atoms with E-state index >= 15 is 0 Å². The summed E-state index contributed by atoms with van der Waals surface area (Å²) in [5.41, 5.74) is 4.23. The average Bonchev–Trinajstić information content (AvgIpc) is 2.99. The number of rotatable bonds is 7. The summed E-state index contributed by atoms with van der Waals surface area (Å²) in [7, 11) is 0. The second kappa shape index (κ2) is 9.10. The van der Waals surface area contributed by atoms with Crippen molar-refractivity contribution in [1.82, 2.24) is 0 Å². The van der Waals surface area contributed by atoms with Crippen LogP contribution in [-0.2, 0) is 0 Å². The Morgan fingerprint density at radius 3 is 2.72 bits per heavy atom. The number of aliphatic hydroxyl groups is 2. The second-order valence-electron chi connectivity index (χ2n) is 11.2. The molecule has 5 atom stereocenters. The van der Waals surface area contributed by atoms with Crippen LogP contribution < -0.4 is 0 Å². The third-order valence-electron chi connectivity index (χ3n) is 8.34. The SMILES string of the molecule is CC1=C(/C=C\C2=CCC[C@]3(C)[C@@H]([C@H](C)CCCC(C)(C)O)CC[C@@H]23)C[C@@H](O)CC1. The molecule has 29 heavy (non-hydrogen) atoms. The Kier molecular flexibility index (Phi) is 7.16. The van der Waals surface area contributed by atoms with Crippen molar-refractivity contribution in [2.45, 2.75) is 111 Å². The van der Waals surface area contributed by atoms with Gasteiger partial charge in [-0.15, -0.1) is 0 Å². The largest absolute Gasteiger partial charge is 0.393 e. The van der Waals surface area contributed by atoms with Crippen LogP contribution in [0.2, 0.25) is 0 Å². The number of aliphatic hydroxyl groups excluding tert-OH is 1. The zero-order chi connectivity index (χ0) is 21.2. The number of fused-ring (bicyclic) bond motifs is 1. The lowest BCUT2D eigenvalue weighted by Crippen LogP contribution is -2.35. The van der Waals surface area contributed by atoms with Gasteiger partial charge in [-0.05, 0) is 106 Å². The van der Waals surface area contributed by atoms with Crippen LogP contribution in [0.5, 0.6) is 0 Å². The summed E-state index contributed by atoms with van der Waals surface area (Å²) >= 11 is 0. The van der Waals surface area contributed by atoms with Gasteiger partial charge in [-0.25, -0.2) is 0 Å². The lowest BCUT2D eigenvalue weighted by molar-refractivity contribution is 0.0613. The average molecular weight is 401 g/mol. The van der Waals surface area contributed by atoms with Gasteiger partial charge >= 0.3 is 0 Å². The van der Waals surface area contributed by atoms with Crippen molar-refractivity contribution < 1.29 is 10.2 Å². The number of allylic oxidation sites excluding steroid dienone is 5. The normalized spacial score (nSPS) is 34.4. The van der Waals surface area contributed by atoms with E-state index in [0.717, 1.165) is 43.9 Å². The number of hydrogen-bond donors (Lipinski definition) is 2. The Balaban J connectivity index is 1.66. The molecule has 0 aromatic rings. The molecule has 1 fully saturated rings. The highest BCUT2D eigenvalue weighted by Gasteiger charge is 2.49. The topological polar surface area (TPSA) is 40.5 Å². The summed E-state index contributed by atoms with van der Waals surface area (Å²) in [5, 5.41) is 20.1. The van der Waals surface area contributed by atoms with Crippen LogP contribution in [0.3, 0.4) is 0 Å². The van der Waals surface area contributed by atoms with Crippen molar-refractivity contribution in [3.63, 3.8) is 0 Å². The molecule has 0 unspecified atom stereocenters. The lowest BCUT2D eigenvalue weighted by atomic mass is 9.62. The van der Waals surface area contributed by atoms with Gasteiger partial charge in [0.15, 0.2) is 0 Å². The Hall–Kier alpha value is -0.860. The fourth-order valence-corrected chi connectivity index (χ4v) is 6.52. The van der Waals surface area contributed by atoms with E-state index in [4.69, 9.17) is 0 Å². The first kappa shape index (κ1) is 22.8. The summed E-state index contributed by atoms with van der Waals surface area (Å²) in [4.78, 5) is 0. The highest BCUT2D eigenvalue weighted by molar-refractivity contribution is 5.36. The minimum absolute atomic E-state index is 0.162. The Morgan fingerprint density at radius 2 is 2.00 bits per heavy atom. The van der Waals surface area contributed by atoms with E-state index in [2.05, 4.69) is 39.0 Å². The third-order valence-corrected chi connectivity index (χ3v) is 8.34. The van der Waals surface area contributed by atoms with Gasteiger partial charge in [0.2, 0.25) is 0 Å². The molecule has 0 spiro atoms. The zero-order valence-electron chi connectivity index (χ0n) is 19.5. The van der Waals surface area contributed by atoms with Crippen molar-refractivity contribution in [3.8, 4) is 0 Å². The lowest BCUT2D eigenvalue weighted by Gasteiger charge is -2.43. The minimum Gasteiger partial charge on any atom is -0.393 e. The highest BCUT2D eigenvalue weighted by Crippen LogP contribution is 2.58. The van der Waals surface area contributed by atoms with E-state index in [1.807, 2.05) is 13.8 Å². The van der Waals surface area contributed by atoms with Gasteiger partial charge in [-0.3, -0.25) is 0 Å². The standard InChI is InChI=1S/C27H44O2/c1-19-10-13-23(28)18-22(19)12-11-21-9-7-17-27(5)24(14-15-25(21)27)20(2)8-6-16-26(3,4)29/h9,11-12,20,23-25,28-29H,6-8,10,13-18H2,1-5H3/b12-11-/t20-,23+,24-,25+,27-/m1/s1. The Bertz CT molecular complexity index is 663. The summed E-state index contributed by atoms with van der Waals surface area (Å²) in [6.45, 7) is 11.1. The molecule has 0 heterocycles. The monoisotopic (exact) mass is 400 g/mol. The molecule has 3 aliphatic rings. The molecule has 0 aromatic heterocycles. The first-order valence-electron chi connectivity index (χ1n) is 12.1. The van der Waals surface area contributed by atoms with Crippen LogP contribution in [0.4, 0.5) is 0 Å². The van der Waals surface area contributed by atoms with E-state index in [9.17, 15) is 10.2 Å². The van der Waals surface area contributed by atoms with Crippen molar-refractivity contribution in [3.05, 3.63) is 34.9 Å². The maximum Gasteiger partial charge on any atom is 0.0591 e. The van der Waals surface area contributed by atoms with Gasteiger partial charge in [-0.1, -0.05) is 50.5 Å².